The van der Waals surface area contributed by atoms with E-state index in [0.717, 1.165) is 54.2 Å². The van der Waals surface area contributed by atoms with Crippen molar-refractivity contribution in [2.24, 2.45) is 0 Å². The fraction of sp³-hybridized carbons (Fsp3) is 0.333. The molecule has 6 nitrogen and oxygen atoms in total. The quantitative estimate of drug-likeness (QED) is 0.800. The first-order chi connectivity index (χ1) is 11.8. The Kier molecular flexibility index (Phi) is 3.94. The number of benzene rings is 1. The van der Waals surface area contributed by atoms with Gasteiger partial charge in [0, 0.05) is 36.3 Å². The number of hydrogen-bond acceptors (Lipinski definition) is 6. The van der Waals surface area contributed by atoms with Crippen molar-refractivity contribution in [3.63, 3.8) is 0 Å². The van der Waals surface area contributed by atoms with Crippen LogP contribution in [-0.2, 0) is 0 Å². The number of aromatic nitrogens is 4. The first kappa shape index (κ1) is 14.8. The number of piperidine rings is 1. The molecule has 1 fully saturated rings. The second kappa shape index (κ2) is 6.39. The normalized spacial score (nSPS) is 15.6. The number of nitrogens with one attached hydrogen (secondary N) is 1. The van der Waals surface area contributed by atoms with Gasteiger partial charge in [0.15, 0.2) is 0 Å². The molecule has 1 aliphatic rings. The molecule has 0 unspecified atom stereocenters. The summed E-state index contributed by atoms with van der Waals surface area (Å²) < 4.78 is 0. The van der Waals surface area contributed by atoms with E-state index in [0.29, 0.717) is 6.04 Å². The average Bonchev–Trinajstić information content (AvgIpc) is 2.62. The first-order valence-corrected chi connectivity index (χ1v) is 8.29. The third-order valence-corrected chi connectivity index (χ3v) is 4.47. The highest BCUT2D eigenvalue weighted by molar-refractivity contribution is 5.89. The smallest absolute Gasteiger partial charge is 0.139 e. The molecular weight excluding hydrogens is 300 g/mol. The summed E-state index contributed by atoms with van der Waals surface area (Å²) in [4.78, 5) is 19.7. The van der Waals surface area contributed by atoms with E-state index in [1.54, 1.807) is 12.7 Å². The summed E-state index contributed by atoms with van der Waals surface area (Å²) in [6.07, 6.45) is 5.38. The minimum absolute atomic E-state index is 0.434. The van der Waals surface area contributed by atoms with E-state index >= 15 is 0 Å². The molecule has 122 valence electrons. The summed E-state index contributed by atoms with van der Waals surface area (Å²) in [7, 11) is 0. The number of hydrogen-bond donors (Lipinski definition) is 1. The molecule has 3 aromatic rings. The zero-order chi connectivity index (χ0) is 16.4. The maximum atomic E-state index is 4.52. The number of nitrogens with zero attached hydrogens (tertiary/aromatic N) is 5. The Morgan fingerprint density at radius 3 is 2.62 bits per heavy atom. The highest BCUT2D eigenvalue weighted by Crippen LogP contribution is 2.26. The fourth-order valence-electron chi connectivity index (χ4n) is 3.22. The SMILES string of the molecule is Cc1cc(NC2CCN(c3ncnc4ccccc34)CC2)ncn1. The van der Waals surface area contributed by atoms with E-state index in [4.69, 9.17) is 0 Å². The summed E-state index contributed by atoms with van der Waals surface area (Å²) in [5.41, 5.74) is 1.98. The van der Waals surface area contributed by atoms with Crippen LogP contribution in [0, 0.1) is 6.92 Å². The Morgan fingerprint density at radius 2 is 1.79 bits per heavy atom. The van der Waals surface area contributed by atoms with Crippen LogP contribution in [0.2, 0.25) is 0 Å². The standard InChI is InChI=1S/C18H20N6/c1-13-10-17(21-11-19-13)23-14-6-8-24(9-7-14)18-15-4-2-3-5-16(15)20-12-22-18/h2-5,10-12,14H,6-9H2,1H3,(H,19,21,23). The second-order valence-corrected chi connectivity index (χ2v) is 6.16. The van der Waals surface area contributed by atoms with Gasteiger partial charge in [0.05, 0.1) is 5.52 Å². The summed E-state index contributed by atoms with van der Waals surface area (Å²) in [5, 5.41) is 4.64. The van der Waals surface area contributed by atoms with E-state index < -0.39 is 0 Å². The summed E-state index contributed by atoms with van der Waals surface area (Å²) in [6.45, 7) is 3.93. The van der Waals surface area contributed by atoms with Crippen molar-refractivity contribution in [3.05, 3.63) is 48.7 Å². The Balaban J connectivity index is 1.46. The molecule has 24 heavy (non-hydrogen) atoms. The van der Waals surface area contributed by atoms with Gasteiger partial charge < -0.3 is 10.2 Å². The lowest BCUT2D eigenvalue weighted by Gasteiger charge is -2.33. The molecule has 0 saturated carbocycles. The molecule has 1 N–H and O–H groups in total. The Labute approximate surface area is 141 Å². The topological polar surface area (TPSA) is 66.8 Å². The maximum absolute atomic E-state index is 4.52. The Hall–Kier alpha value is -2.76. The van der Waals surface area contributed by atoms with Crippen LogP contribution in [0.3, 0.4) is 0 Å². The highest BCUT2D eigenvalue weighted by Gasteiger charge is 2.21. The van der Waals surface area contributed by atoms with Crippen molar-refractivity contribution in [3.8, 4) is 0 Å². The average molecular weight is 320 g/mol. The van der Waals surface area contributed by atoms with Gasteiger partial charge in [0.1, 0.15) is 24.3 Å². The molecule has 1 aromatic carbocycles. The molecule has 6 heteroatoms. The molecule has 4 rings (SSSR count). The van der Waals surface area contributed by atoms with Gasteiger partial charge in [-0.2, -0.15) is 0 Å². The largest absolute Gasteiger partial charge is 0.367 e. The van der Waals surface area contributed by atoms with Gasteiger partial charge in [-0.1, -0.05) is 12.1 Å². The lowest BCUT2D eigenvalue weighted by atomic mass is 10.0. The molecule has 3 heterocycles. The molecule has 1 saturated heterocycles. The van der Waals surface area contributed by atoms with E-state index in [-0.39, 0.29) is 0 Å². The number of fused-ring (bicyclic) bond motifs is 1. The molecule has 0 radical (unpaired) electrons. The van der Waals surface area contributed by atoms with Crippen molar-refractivity contribution in [1.29, 1.82) is 0 Å². The highest BCUT2D eigenvalue weighted by atomic mass is 15.2. The lowest BCUT2D eigenvalue weighted by Crippen LogP contribution is -2.39. The van der Waals surface area contributed by atoms with Gasteiger partial charge in [-0.05, 0) is 31.9 Å². The molecule has 0 aliphatic carbocycles. The van der Waals surface area contributed by atoms with E-state index in [2.05, 4.69) is 36.2 Å². The van der Waals surface area contributed by atoms with E-state index in [1.807, 2.05) is 31.2 Å². The van der Waals surface area contributed by atoms with Gasteiger partial charge in [0.2, 0.25) is 0 Å². The van der Waals surface area contributed by atoms with Gasteiger partial charge in [-0.3, -0.25) is 0 Å². The molecule has 2 aromatic heterocycles. The van der Waals surface area contributed by atoms with Crippen LogP contribution in [0.15, 0.2) is 43.0 Å². The monoisotopic (exact) mass is 320 g/mol. The van der Waals surface area contributed by atoms with Crippen molar-refractivity contribution in [2.45, 2.75) is 25.8 Å². The van der Waals surface area contributed by atoms with Crippen LogP contribution in [0.5, 0.6) is 0 Å². The predicted molar refractivity (Wildman–Crippen MR) is 95.2 cm³/mol. The van der Waals surface area contributed by atoms with Crippen LogP contribution in [0.25, 0.3) is 10.9 Å². The van der Waals surface area contributed by atoms with Gasteiger partial charge >= 0.3 is 0 Å². The van der Waals surface area contributed by atoms with Crippen LogP contribution < -0.4 is 10.2 Å². The minimum Gasteiger partial charge on any atom is -0.367 e. The minimum atomic E-state index is 0.434. The van der Waals surface area contributed by atoms with Crippen LogP contribution in [0.4, 0.5) is 11.6 Å². The van der Waals surface area contributed by atoms with Gasteiger partial charge in [0.25, 0.3) is 0 Å². The predicted octanol–water partition coefficient (Wildman–Crippen LogP) is 2.81. The zero-order valence-electron chi connectivity index (χ0n) is 13.7. The first-order valence-electron chi connectivity index (χ1n) is 8.29. The van der Waals surface area contributed by atoms with Crippen LogP contribution in [-0.4, -0.2) is 39.1 Å². The van der Waals surface area contributed by atoms with Gasteiger partial charge in [-0.25, -0.2) is 19.9 Å². The number of aryl methyl sites for hydroxylation is 1. The molecule has 0 spiro atoms. The fourth-order valence-corrected chi connectivity index (χ4v) is 3.22. The molecule has 0 atom stereocenters. The van der Waals surface area contributed by atoms with E-state index in [9.17, 15) is 0 Å². The van der Waals surface area contributed by atoms with Crippen molar-refractivity contribution < 1.29 is 0 Å². The Bertz CT molecular complexity index is 836. The Morgan fingerprint density at radius 1 is 1.00 bits per heavy atom. The van der Waals surface area contributed by atoms with Gasteiger partial charge in [-0.15, -0.1) is 0 Å². The van der Waals surface area contributed by atoms with Crippen LogP contribution in [0.1, 0.15) is 18.5 Å². The number of anilines is 2. The van der Waals surface area contributed by atoms with Crippen molar-refractivity contribution in [2.75, 3.05) is 23.3 Å². The van der Waals surface area contributed by atoms with Crippen LogP contribution >= 0.6 is 0 Å². The number of rotatable bonds is 3. The third-order valence-electron chi connectivity index (χ3n) is 4.47. The third kappa shape index (κ3) is 2.99. The summed E-state index contributed by atoms with van der Waals surface area (Å²) >= 11 is 0. The van der Waals surface area contributed by atoms with Crippen molar-refractivity contribution in [1.82, 2.24) is 19.9 Å². The number of para-hydroxylation sites is 1. The molecule has 0 amide bonds. The lowest BCUT2D eigenvalue weighted by molar-refractivity contribution is 0.523. The summed E-state index contributed by atoms with van der Waals surface area (Å²) in [6, 6.07) is 10.6. The summed E-state index contributed by atoms with van der Waals surface area (Å²) in [5.74, 6) is 1.95. The molecular formula is C18H20N6. The molecule has 1 aliphatic heterocycles. The molecule has 0 bridgehead atoms. The maximum Gasteiger partial charge on any atom is 0.139 e. The zero-order valence-corrected chi connectivity index (χ0v) is 13.7. The van der Waals surface area contributed by atoms with Crippen molar-refractivity contribution >= 4 is 22.5 Å². The second-order valence-electron chi connectivity index (χ2n) is 6.16. The van der Waals surface area contributed by atoms with E-state index in [1.165, 1.54) is 0 Å².